The Bertz CT molecular complexity index is 394. The molecule has 19 heavy (non-hydrogen) atoms. The summed E-state index contributed by atoms with van der Waals surface area (Å²) >= 11 is 1.77. The van der Waals surface area contributed by atoms with E-state index in [2.05, 4.69) is 41.7 Å². The molecule has 3 N–H and O–H groups in total. The quantitative estimate of drug-likeness (QED) is 0.386. The number of hydrogen-bond acceptors (Lipinski definition) is 3. The molecular weight excluding hydrogens is 256 g/mol. The fourth-order valence-corrected chi connectivity index (χ4v) is 3.18. The lowest BCUT2D eigenvalue weighted by Crippen LogP contribution is -2.48. The lowest BCUT2D eigenvalue weighted by Gasteiger charge is -2.29. The number of nitrogens with two attached hydrogens (primary N) is 1. The Morgan fingerprint density at radius 2 is 2.26 bits per heavy atom. The van der Waals surface area contributed by atoms with Crippen LogP contribution < -0.4 is 11.3 Å². The third kappa shape index (κ3) is 3.94. The molecule has 4 nitrogen and oxygen atoms in total. The highest BCUT2D eigenvalue weighted by Gasteiger charge is 2.19. The minimum Gasteiger partial charge on any atom is -0.334 e. The van der Waals surface area contributed by atoms with E-state index < -0.39 is 0 Å². The van der Waals surface area contributed by atoms with Gasteiger partial charge >= 0.3 is 0 Å². The molecule has 2 rings (SSSR count). The lowest BCUT2D eigenvalue weighted by atomic mass is 10.2. The normalized spacial score (nSPS) is 17.2. The van der Waals surface area contributed by atoms with Gasteiger partial charge in [0.2, 0.25) is 5.96 Å². The number of hydrogen-bond donors (Lipinski definition) is 2. The van der Waals surface area contributed by atoms with Crippen LogP contribution in [0, 0.1) is 0 Å². The van der Waals surface area contributed by atoms with Crippen LogP contribution >= 0.6 is 11.3 Å². The predicted molar refractivity (Wildman–Crippen MR) is 82.0 cm³/mol. The molecule has 1 aromatic rings. The highest BCUT2D eigenvalue weighted by Crippen LogP contribution is 2.22. The largest absolute Gasteiger partial charge is 0.334 e. The Morgan fingerprint density at radius 1 is 1.53 bits per heavy atom. The van der Waals surface area contributed by atoms with Crippen molar-refractivity contribution in [3.8, 4) is 0 Å². The minimum atomic E-state index is 0.373. The zero-order chi connectivity index (χ0) is 13.7. The molecule has 0 amide bonds. The highest BCUT2D eigenvalue weighted by molar-refractivity contribution is 7.09. The van der Waals surface area contributed by atoms with Crippen molar-refractivity contribution < 1.29 is 0 Å². The van der Waals surface area contributed by atoms with E-state index in [0.29, 0.717) is 12.1 Å². The molecule has 1 aromatic heterocycles. The van der Waals surface area contributed by atoms with Gasteiger partial charge in [0.15, 0.2) is 0 Å². The molecule has 0 unspecified atom stereocenters. The van der Waals surface area contributed by atoms with Gasteiger partial charge in [0.1, 0.15) is 0 Å². The number of hydrazine groups is 1. The maximum absolute atomic E-state index is 5.70. The van der Waals surface area contributed by atoms with E-state index in [1.807, 2.05) is 0 Å². The molecule has 1 heterocycles. The zero-order valence-corrected chi connectivity index (χ0v) is 12.6. The van der Waals surface area contributed by atoms with Crippen molar-refractivity contribution in [3.05, 3.63) is 22.4 Å². The lowest BCUT2D eigenvalue weighted by molar-refractivity contribution is 0.330. The van der Waals surface area contributed by atoms with Crippen molar-refractivity contribution in [2.45, 2.75) is 58.2 Å². The summed E-state index contributed by atoms with van der Waals surface area (Å²) in [4.78, 5) is 8.38. The second-order valence-corrected chi connectivity index (χ2v) is 6.37. The van der Waals surface area contributed by atoms with Gasteiger partial charge in [-0.2, -0.15) is 0 Å². The van der Waals surface area contributed by atoms with Crippen LogP contribution in [0.15, 0.2) is 22.5 Å². The molecule has 0 aliphatic heterocycles. The van der Waals surface area contributed by atoms with Crippen LogP contribution in [0.5, 0.6) is 0 Å². The number of rotatable bonds is 4. The number of thiophene rings is 1. The first-order valence-electron chi connectivity index (χ1n) is 7.04. The summed E-state index contributed by atoms with van der Waals surface area (Å²) in [7, 11) is 0. The van der Waals surface area contributed by atoms with E-state index in [0.717, 1.165) is 12.5 Å². The molecule has 1 saturated carbocycles. The zero-order valence-electron chi connectivity index (χ0n) is 11.8. The number of nitrogens with one attached hydrogen (secondary N) is 1. The van der Waals surface area contributed by atoms with E-state index in [1.165, 1.54) is 30.6 Å². The van der Waals surface area contributed by atoms with Gasteiger partial charge < -0.3 is 4.90 Å². The second kappa shape index (κ2) is 6.91. The molecule has 0 radical (unpaired) electrons. The van der Waals surface area contributed by atoms with Gasteiger partial charge in [0.05, 0.1) is 12.6 Å². The highest BCUT2D eigenvalue weighted by atomic mass is 32.1. The molecule has 5 heteroatoms. The van der Waals surface area contributed by atoms with Gasteiger partial charge in [-0.25, -0.2) is 10.8 Å². The molecule has 0 atom stereocenters. The van der Waals surface area contributed by atoms with Crippen LogP contribution in [0.4, 0.5) is 0 Å². The van der Waals surface area contributed by atoms with Gasteiger partial charge in [-0.05, 0) is 38.1 Å². The van der Waals surface area contributed by atoms with Gasteiger partial charge in [-0.1, -0.05) is 18.9 Å². The molecule has 0 aromatic carbocycles. The second-order valence-electron chi connectivity index (χ2n) is 5.34. The average Bonchev–Trinajstić information content (AvgIpc) is 3.06. The molecule has 0 bridgehead atoms. The molecule has 1 fully saturated rings. The first-order valence-corrected chi connectivity index (χ1v) is 7.92. The van der Waals surface area contributed by atoms with Crippen LogP contribution in [-0.4, -0.2) is 22.9 Å². The van der Waals surface area contributed by atoms with E-state index in [9.17, 15) is 0 Å². The fraction of sp³-hybridized carbons (Fsp3) is 0.643. The summed E-state index contributed by atoms with van der Waals surface area (Å²) in [6, 6.07) is 5.06. The van der Waals surface area contributed by atoms with E-state index in [1.54, 1.807) is 11.3 Å². The summed E-state index contributed by atoms with van der Waals surface area (Å²) in [6.45, 7) is 5.22. The van der Waals surface area contributed by atoms with Crippen molar-refractivity contribution >= 4 is 17.3 Å². The average molecular weight is 280 g/mol. The van der Waals surface area contributed by atoms with E-state index in [-0.39, 0.29) is 0 Å². The maximum atomic E-state index is 5.70. The monoisotopic (exact) mass is 280 g/mol. The van der Waals surface area contributed by atoms with Gasteiger partial charge in [-0.15, -0.1) is 11.3 Å². The van der Waals surface area contributed by atoms with E-state index >= 15 is 0 Å². The Hall–Kier alpha value is -1.07. The first-order chi connectivity index (χ1) is 9.20. The number of nitrogens with zero attached hydrogens (tertiary/aromatic N) is 2. The van der Waals surface area contributed by atoms with Crippen molar-refractivity contribution in [2.75, 3.05) is 0 Å². The molecule has 0 spiro atoms. The maximum Gasteiger partial charge on any atom is 0.209 e. The first kappa shape index (κ1) is 14.3. The predicted octanol–water partition coefficient (Wildman–Crippen LogP) is 2.72. The fourth-order valence-electron chi connectivity index (χ4n) is 2.47. The molecule has 0 saturated heterocycles. The molecular formula is C14H24N4S. The van der Waals surface area contributed by atoms with Crippen LogP contribution in [0.2, 0.25) is 0 Å². The summed E-state index contributed by atoms with van der Waals surface area (Å²) < 4.78 is 0. The Kier molecular flexibility index (Phi) is 5.22. The van der Waals surface area contributed by atoms with Crippen LogP contribution in [-0.2, 0) is 6.54 Å². The van der Waals surface area contributed by atoms with E-state index in [4.69, 9.17) is 10.8 Å². The Morgan fingerprint density at radius 3 is 2.79 bits per heavy atom. The number of aliphatic imine (C=N–C) groups is 1. The summed E-state index contributed by atoms with van der Waals surface area (Å²) in [6.07, 6.45) is 4.96. The number of guanidine groups is 1. The molecule has 1 aliphatic rings. The van der Waals surface area contributed by atoms with Gasteiger partial charge in [0.25, 0.3) is 0 Å². The standard InChI is InChI=1S/C14H24N4S/c1-11(2)18(10-13-8-5-9-19-13)14(17-15)16-12-6-3-4-7-12/h5,8-9,11-12H,3-4,6-7,10,15H2,1-2H3,(H,16,17). The molecule has 106 valence electrons. The summed E-state index contributed by atoms with van der Waals surface area (Å²) in [5, 5.41) is 2.11. The smallest absolute Gasteiger partial charge is 0.209 e. The third-order valence-electron chi connectivity index (χ3n) is 3.56. The molecule has 1 aliphatic carbocycles. The Balaban J connectivity index is 2.10. The minimum absolute atomic E-state index is 0.373. The van der Waals surface area contributed by atoms with Crippen molar-refractivity contribution in [3.63, 3.8) is 0 Å². The van der Waals surface area contributed by atoms with Crippen LogP contribution in [0.1, 0.15) is 44.4 Å². The summed E-state index contributed by atoms with van der Waals surface area (Å²) in [5.41, 5.74) is 2.80. The topological polar surface area (TPSA) is 53.6 Å². The summed E-state index contributed by atoms with van der Waals surface area (Å²) in [5.74, 6) is 6.53. The van der Waals surface area contributed by atoms with Gasteiger partial charge in [0, 0.05) is 10.9 Å². The van der Waals surface area contributed by atoms with Crippen molar-refractivity contribution in [2.24, 2.45) is 10.8 Å². The van der Waals surface area contributed by atoms with Crippen molar-refractivity contribution in [1.29, 1.82) is 0 Å². The van der Waals surface area contributed by atoms with Crippen LogP contribution in [0.3, 0.4) is 0 Å². The Labute approximate surface area is 119 Å². The van der Waals surface area contributed by atoms with Gasteiger partial charge in [-0.3, -0.25) is 5.43 Å². The SMILES string of the molecule is CC(C)N(Cc1cccs1)C(=NC1CCCC1)NN. The van der Waals surface area contributed by atoms with Crippen LogP contribution in [0.25, 0.3) is 0 Å². The third-order valence-corrected chi connectivity index (χ3v) is 4.42. The van der Waals surface area contributed by atoms with Crippen molar-refractivity contribution in [1.82, 2.24) is 10.3 Å².